The molecule has 1 unspecified atom stereocenters. The van der Waals surface area contributed by atoms with Gasteiger partial charge >= 0.3 is 5.97 Å². The van der Waals surface area contributed by atoms with Gasteiger partial charge in [-0.05, 0) is 40.5 Å². The summed E-state index contributed by atoms with van der Waals surface area (Å²) in [5.41, 5.74) is -0.634. The number of carbonyl (C=O) groups is 1. The Kier molecular flexibility index (Phi) is 7.17. The summed E-state index contributed by atoms with van der Waals surface area (Å²) < 4.78 is 7.09. The quantitative estimate of drug-likeness (QED) is 0.427. The Morgan fingerprint density at radius 3 is 2.81 bits per heavy atom. The highest BCUT2D eigenvalue weighted by atomic mass is 32.2. The summed E-state index contributed by atoms with van der Waals surface area (Å²) in [6.45, 7) is 8.22. The molecule has 1 rings (SSSR count). The standard InChI is InChI=1S/C14H26N4O2S/c1-6-20-12(19)14(4,16-11(2)3)8-7-9-21-13-17-15-10-18(13)5/h10-11,16H,6-9H2,1-5H3. The molecule has 6 nitrogen and oxygen atoms in total. The van der Waals surface area contributed by atoms with E-state index in [0.717, 1.165) is 23.8 Å². The van der Waals surface area contributed by atoms with Crippen LogP contribution in [0.15, 0.2) is 11.5 Å². The van der Waals surface area contributed by atoms with Crippen LogP contribution >= 0.6 is 11.8 Å². The van der Waals surface area contributed by atoms with Crippen molar-refractivity contribution in [1.82, 2.24) is 20.1 Å². The fourth-order valence-corrected chi connectivity index (χ4v) is 2.98. The van der Waals surface area contributed by atoms with Gasteiger partial charge in [-0.2, -0.15) is 0 Å². The van der Waals surface area contributed by atoms with E-state index < -0.39 is 5.54 Å². The van der Waals surface area contributed by atoms with Crippen molar-refractivity contribution in [3.05, 3.63) is 6.33 Å². The van der Waals surface area contributed by atoms with E-state index in [-0.39, 0.29) is 12.0 Å². The fourth-order valence-electron chi connectivity index (χ4n) is 2.15. The maximum atomic E-state index is 12.2. The molecule has 7 heteroatoms. The number of nitrogens with one attached hydrogen (secondary N) is 1. The molecule has 0 saturated carbocycles. The molecule has 0 spiro atoms. The van der Waals surface area contributed by atoms with E-state index in [1.807, 2.05) is 39.3 Å². The van der Waals surface area contributed by atoms with Gasteiger partial charge in [-0.25, -0.2) is 0 Å². The topological polar surface area (TPSA) is 69.0 Å². The Morgan fingerprint density at radius 1 is 1.57 bits per heavy atom. The average Bonchev–Trinajstić information content (AvgIpc) is 2.80. The van der Waals surface area contributed by atoms with Crippen molar-refractivity contribution in [3.63, 3.8) is 0 Å². The molecule has 0 aliphatic rings. The number of aryl methyl sites for hydroxylation is 1. The minimum absolute atomic E-state index is 0.178. The number of thioether (sulfide) groups is 1. The lowest BCUT2D eigenvalue weighted by Crippen LogP contribution is -2.53. The Labute approximate surface area is 131 Å². The van der Waals surface area contributed by atoms with E-state index in [1.54, 1.807) is 18.1 Å². The number of rotatable bonds is 9. The first-order valence-electron chi connectivity index (χ1n) is 7.30. The zero-order valence-electron chi connectivity index (χ0n) is 13.5. The molecule has 0 amide bonds. The van der Waals surface area contributed by atoms with Crippen LogP contribution in [0, 0.1) is 0 Å². The maximum Gasteiger partial charge on any atom is 0.326 e. The van der Waals surface area contributed by atoms with E-state index in [2.05, 4.69) is 15.5 Å². The summed E-state index contributed by atoms with van der Waals surface area (Å²) in [5, 5.41) is 12.1. The van der Waals surface area contributed by atoms with Crippen LogP contribution in [0.2, 0.25) is 0 Å². The van der Waals surface area contributed by atoms with Gasteiger partial charge < -0.3 is 9.30 Å². The monoisotopic (exact) mass is 314 g/mol. The molecule has 0 fully saturated rings. The highest BCUT2D eigenvalue weighted by Gasteiger charge is 2.34. The lowest BCUT2D eigenvalue weighted by atomic mass is 9.95. The zero-order chi connectivity index (χ0) is 15.9. The summed E-state index contributed by atoms with van der Waals surface area (Å²) >= 11 is 1.65. The van der Waals surface area contributed by atoms with Gasteiger partial charge in [-0.15, -0.1) is 10.2 Å². The Hall–Kier alpha value is -1.08. The molecule has 0 radical (unpaired) electrons. The van der Waals surface area contributed by atoms with Gasteiger partial charge in [-0.1, -0.05) is 11.8 Å². The normalized spacial score (nSPS) is 14.2. The Bertz CT molecular complexity index is 450. The van der Waals surface area contributed by atoms with Crippen LogP contribution in [-0.2, 0) is 16.6 Å². The van der Waals surface area contributed by atoms with Crippen molar-refractivity contribution in [3.8, 4) is 0 Å². The van der Waals surface area contributed by atoms with E-state index in [0.29, 0.717) is 6.61 Å². The van der Waals surface area contributed by atoms with Crippen LogP contribution in [0.25, 0.3) is 0 Å². The SMILES string of the molecule is CCOC(=O)C(C)(CCCSc1nncn1C)NC(C)C. The van der Waals surface area contributed by atoms with Gasteiger partial charge in [0.05, 0.1) is 6.61 Å². The molecule has 0 bridgehead atoms. The molecule has 1 aromatic rings. The molecule has 0 aromatic carbocycles. The Balaban J connectivity index is 2.49. The van der Waals surface area contributed by atoms with Gasteiger partial charge in [0.1, 0.15) is 11.9 Å². The van der Waals surface area contributed by atoms with E-state index in [9.17, 15) is 4.79 Å². The van der Waals surface area contributed by atoms with Gasteiger partial charge in [-0.3, -0.25) is 10.1 Å². The minimum Gasteiger partial charge on any atom is -0.465 e. The molecule has 0 aliphatic carbocycles. The largest absolute Gasteiger partial charge is 0.465 e. The number of nitrogens with zero attached hydrogens (tertiary/aromatic N) is 3. The molecule has 1 atom stereocenters. The first-order valence-corrected chi connectivity index (χ1v) is 8.29. The Morgan fingerprint density at radius 2 is 2.29 bits per heavy atom. The second-order valence-corrected chi connectivity index (χ2v) is 6.59. The van der Waals surface area contributed by atoms with Crippen LogP contribution in [0.4, 0.5) is 0 Å². The van der Waals surface area contributed by atoms with Gasteiger partial charge in [0.2, 0.25) is 0 Å². The van der Waals surface area contributed by atoms with Crippen molar-refractivity contribution in [2.75, 3.05) is 12.4 Å². The number of ether oxygens (including phenoxy) is 1. The zero-order valence-corrected chi connectivity index (χ0v) is 14.4. The van der Waals surface area contributed by atoms with Crippen molar-refractivity contribution in [2.24, 2.45) is 7.05 Å². The second-order valence-electron chi connectivity index (χ2n) is 5.53. The molecule has 0 saturated heterocycles. The molecular weight excluding hydrogens is 288 g/mol. The predicted molar refractivity (Wildman–Crippen MR) is 84.3 cm³/mol. The summed E-state index contributed by atoms with van der Waals surface area (Å²) in [6, 6.07) is 0.228. The summed E-state index contributed by atoms with van der Waals surface area (Å²) in [4.78, 5) is 12.2. The molecule has 1 N–H and O–H groups in total. The third kappa shape index (κ3) is 5.67. The van der Waals surface area contributed by atoms with Crippen molar-refractivity contribution < 1.29 is 9.53 Å². The average molecular weight is 314 g/mol. The lowest BCUT2D eigenvalue weighted by Gasteiger charge is -2.30. The molecule has 21 heavy (non-hydrogen) atoms. The van der Waals surface area contributed by atoms with Crippen LogP contribution in [0.1, 0.15) is 40.5 Å². The summed E-state index contributed by atoms with van der Waals surface area (Å²) in [5.74, 6) is 0.712. The molecule has 0 aliphatic heterocycles. The smallest absolute Gasteiger partial charge is 0.326 e. The maximum absolute atomic E-state index is 12.2. The van der Waals surface area contributed by atoms with Crippen LogP contribution in [-0.4, -0.2) is 44.7 Å². The van der Waals surface area contributed by atoms with Crippen molar-refractivity contribution >= 4 is 17.7 Å². The van der Waals surface area contributed by atoms with Crippen LogP contribution in [0.3, 0.4) is 0 Å². The predicted octanol–water partition coefficient (Wildman–Crippen LogP) is 2.01. The third-order valence-corrected chi connectivity index (χ3v) is 4.18. The summed E-state index contributed by atoms with van der Waals surface area (Å²) in [7, 11) is 1.92. The third-order valence-electron chi connectivity index (χ3n) is 3.06. The fraction of sp³-hybridized carbons (Fsp3) is 0.786. The molecule has 1 heterocycles. The number of hydrogen-bond acceptors (Lipinski definition) is 6. The number of carbonyl (C=O) groups excluding carboxylic acids is 1. The number of esters is 1. The van der Waals surface area contributed by atoms with Crippen molar-refractivity contribution in [2.45, 2.75) is 57.3 Å². The molecule has 120 valence electrons. The number of hydrogen-bond donors (Lipinski definition) is 1. The highest BCUT2D eigenvalue weighted by Crippen LogP contribution is 2.21. The van der Waals surface area contributed by atoms with Crippen LogP contribution < -0.4 is 5.32 Å². The van der Waals surface area contributed by atoms with Crippen LogP contribution in [0.5, 0.6) is 0 Å². The van der Waals surface area contributed by atoms with Crippen molar-refractivity contribution in [1.29, 1.82) is 0 Å². The lowest BCUT2D eigenvalue weighted by molar-refractivity contribution is -0.151. The molecule has 1 aromatic heterocycles. The first kappa shape index (κ1) is 18.0. The van der Waals surface area contributed by atoms with E-state index >= 15 is 0 Å². The second kappa shape index (κ2) is 8.38. The first-order chi connectivity index (χ1) is 9.89. The van der Waals surface area contributed by atoms with E-state index in [1.165, 1.54) is 0 Å². The molecular formula is C14H26N4O2S. The summed E-state index contributed by atoms with van der Waals surface area (Å²) in [6.07, 6.45) is 3.31. The van der Waals surface area contributed by atoms with E-state index in [4.69, 9.17) is 4.74 Å². The minimum atomic E-state index is -0.634. The van der Waals surface area contributed by atoms with Gasteiger partial charge in [0.15, 0.2) is 5.16 Å². The van der Waals surface area contributed by atoms with Gasteiger partial charge in [0.25, 0.3) is 0 Å². The van der Waals surface area contributed by atoms with Gasteiger partial charge in [0, 0.05) is 18.8 Å². The highest BCUT2D eigenvalue weighted by molar-refractivity contribution is 7.99. The number of aromatic nitrogens is 3.